The van der Waals surface area contributed by atoms with Crippen LogP contribution in [0.5, 0.6) is 0 Å². The molecule has 1 heterocycles. The molecule has 0 aliphatic heterocycles. The molecule has 2 aromatic rings. The second-order valence-electron chi connectivity index (χ2n) is 6.40. The highest BCUT2D eigenvalue weighted by Crippen LogP contribution is 2.25. The van der Waals surface area contributed by atoms with Crippen LogP contribution in [0.25, 0.3) is 0 Å². The number of thiocarbonyl (C=S) groups is 1. The van der Waals surface area contributed by atoms with E-state index in [-0.39, 0.29) is 5.41 Å². The standard InChI is InChI=1S/C18H23N3S2/c1-18(2,3)15-4-6-16(7-5-15)23-9-8-21-17(22)10-14-11-19-13-20-12-14/h4-7,11-13H,8-10H2,1-3H3,(H,21,22). The van der Waals surface area contributed by atoms with Crippen molar-refractivity contribution in [3.05, 3.63) is 54.1 Å². The predicted octanol–water partition coefficient (Wildman–Crippen LogP) is 4.03. The molecule has 0 radical (unpaired) electrons. The zero-order valence-electron chi connectivity index (χ0n) is 13.9. The summed E-state index contributed by atoms with van der Waals surface area (Å²) in [7, 11) is 0. The van der Waals surface area contributed by atoms with Crippen LogP contribution in [0.1, 0.15) is 31.9 Å². The smallest absolute Gasteiger partial charge is 0.115 e. The van der Waals surface area contributed by atoms with Crippen LogP contribution >= 0.6 is 24.0 Å². The van der Waals surface area contributed by atoms with Gasteiger partial charge in [-0.05, 0) is 28.7 Å². The Labute approximate surface area is 148 Å². The zero-order valence-corrected chi connectivity index (χ0v) is 15.5. The van der Waals surface area contributed by atoms with Crippen LogP contribution in [-0.4, -0.2) is 27.3 Å². The number of hydrogen-bond donors (Lipinski definition) is 1. The van der Waals surface area contributed by atoms with Gasteiger partial charge >= 0.3 is 0 Å². The summed E-state index contributed by atoms with van der Waals surface area (Å²) in [5, 5.41) is 3.29. The summed E-state index contributed by atoms with van der Waals surface area (Å²) in [5.74, 6) is 0.986. The number of thioether (sulfide) groups is 1. The monoisotopic (exact) mass is 345 g/mol. The minimum Gasteiger partial charge on any atom is -0.379 e. The van der Waals surface area contributed by atoms with Gasteiger partial charge in [0.05, 0.1) is 4.99 Å². The van der Waals surface area contributed by atoms with Crippen molar-refractivity contribution in [3.8, 4) is 0 Å². The molecule has 122 valence electrons. The van der Waals surface area contributed by atoms with E-state index in [0.717, 1.165) is 22.8 Å². The second-order valence-corrected chi connectivity index (χ2v) is 8.06. The van der Waals surface area contributed by atoms with Gasteiger partial charge in [0.2, 0.25) is 0 Å². The quantitative estimate of drug-likeness (QED) is 0.486. The van der Waals surface area contributed by atoms with Crippen molar-refractivity contribution in [1.29, 1.82) is 0 Å². The summed E-state index contributed by atoms with van der Waals surface area (Å²) < 4.78 is 0. The molecule has 0 saturated heterocycles. The average molecular weight is 346 g/mol. The first-order valence-corrected chi connectivity index (χ1v) is 9.08. The zero-order chi connectivity index (χ0) is 16.7. The maximum Gasteiger partial charge on any atom is 0.115 e. The van der Waals surface area contributed by atoms with E-state index in [4.69, 9.17) is 12.2 Å². The van der Waals surface area contributed by atoms with Crippen LogP contribution in [0.4, 0.5) is 0 Å². The highest BCUT2D eigenvalue weighted by Gasteiger charge is 2.12. The fourth-order valence-electron chi connectivity index (χ4n) is 2.08. The lowest BCUT2D eigenvalue weighted by molar-refractivity contribution is 0.590. The Bertz CT molecular complexity index is 619. The van der Waals surface area contributed by atoms with Gasteiger partial charge in [-0.15, -0.1) is 11.8 Å². The molecule has 0 saturated carbocycles. The molecule has 1 aromatic carbocycles. The van der Waals surface area contributed by atoms with E-state index in [2.05, 4.69) is 60.3 Å². The van der Waals surface area contributed by atoms with E-state index in [0.29, 0.717) is 6.42 Å². The Balaban J connectivity index is 1.70. The van der Waals surface area contributed by atoms with Crippen molar-refractivity contribution in [3.63, 3.8) is 0 Å². The molecule has 1 aromatic heterocycles. The maximum atomic E-state index is 5.35. The molecule has 2 rings (SSSR count). The van der Waals surface area contributed by atoms with Gasteiger partial charge in [-0.3, -0.25) is 0 Å². The molecule has 5 heteroatoms. The molecule has 23 heavy (non-hydrogen) atoms. The molecule has 1 N–H and O–H groups in total. The molecule has 0 aliphatic carbocycles. The van der Waals surface area contributed by atoms with E-state index in [1.54, 1.807) is 12.4 Å². The van der Waals surface area contributed by atoms with Crippen LogP contribution in [0, 0.1) is 0 Å². The minimum absolute atomic E-state index is 0.206. The number of rotatable bonds is 6. The fraction of sp³-hybridized carbons (Fsp3) is 0.389. The van der Waals surface area contributed by atoms with Gasteiger partial charge < -0.3 is 5.32 Å². The molecule has 0 spiro atoms. The maximum absolute atomic E-state index is 5.35. The molecule has 0 bridgehead atoms. The topological polar surface area (TPSA) is 37.8 Å². The highest BCUT2D eigenvalue weighted by atomic mass is 32.2. The van der Waals surface area contributed by atoms with E-state index >= 15 is 0 Å². The summed E-state index contributed by atoms with van der Waals surface area (Å²) in [6.45, 7) is 7.56. The van der Waals surface area contributed by atoms with Crippen molar-refractivity contribution < 1.29 is 0 Å². The van der Waals surface area contributed by atoms with Crippen molar-refractivity contribution in [1.82, 2.24) is 15.3 Å². The van der Waals surface area contributed by atoms with Gasteiger partial charge in [-0.1, -0.05) is 45.1 Å². The van der Waals surface area contributed by atoms with Crippen LogP contribution < -0.4 is 5.32 Å². The number of nitrogens with zero attached hydrogens (tertiary/aromatic N) is 2. The molecule has 0 atom stereocenters. The van der Waals surface area contributed by atoms with Gasteiger partial charge in [0.1, 0.15) is 6.33 Å². The van der Waals surface area contributed by atoms with Gasteiger partial charge in [0, 0.05) is 36.0 Å². The first-order valence-electron chi connectivity index (χ1n) is 7.69. The number of benzene rings is 1. The predicted molar refractivity (Wildman–Crippen MR) is 102 cm³/mol. The van der Waals surface area contributed by atoms with Crippen LogP contribution in [0.15, 0.2) is 47.9 Å². The van der Waals surface area contributed by atoms with E-state index in [1.165, 1.54) is 16.8 Å². The summed E-state index contributed by atoms with van der Waals surface area (Å²) in [6.07, 6.45) is 5.82. The number of aromatic nitrogens is 2. The Morgan fingerprint density at radius 2 is 1.78 bits per heavy atom. The van der Waals surface area contributed by atoms with E-state index in [1.807, 2.05) is 11.8 Å². The van der Waals surface area contributed by atoms with Gasteiger partial charge in [-0.2, -0.15) is 0 Å². The average Bonchev–Trinajstić information content (AvgIpc) is 2.52. The molecule has 0 aliphatic rings. The van der Waals surface area contributed by atoms with Crippen LogP contribution in [0.3, 0.4) is 0 Å². The Kier molecular flexibility index (Phi) is 6.54. The highest BCUT2D eigenvalue weighted by molar-refractivity contribution is 7.99. The van der Waals surface area contributed by atoms with Crippen molar-refractivity contribution in [2.75, 3.05) is 12.3 Å². The SMILES string of the molecule is CC(C)(C)c1ccc(SCCNC(=S)Cc2cncnc2)cc1. The Hall–Kier alpha value is -1.46. The molecular weight excluding hydrogens is 322 g/mol. The van der Waals surface area contributed by atoms with E-state index in [9.17, 15) is 0 Å². The molecule has 3 nitrogen and oxygen atoms in total. The minimum atomic E-state index is 0.206. The normalized spacial score (nSPS) is 11.3. The second kappa shape index (κ2) is 8.41. The van der Waals surface area contributed by atoms with Crippen LogP contribution in [-0.2, 0) is 11.8 Å². The fourth-order valence-corrected chi connectivity index (χ4v) is 3.12. The summed E-state index contributed by atoms with van der Waals surface area (Å²) in [6, 6.07) is 8.83. The molecule has 0 unspecified atom stereocenters. The molecule has 0 amide bonds. The number of hydrogen-bond acceptors (Lipinski definition) is 4. The molecule has 0 fully saturated rings. The summed E-state index contributed by atoms with van der Waals surface area (Å²) >= 11 is 7.19. The Morgan fingerprint density at radius 3 is 2.39 bits per heavy atom. The lowest BCUT2D eigenvalue weighted by Gasteiger charge is -2.19. The lowest BCUT2D eigenvalue weighted by Crippen LogP contribution is -2.25. The summed E-state index contributed by atoms with van der Waals surface area (Å²) in [4.78, 5) is 10.1. The lowest BCUT2D eigenvalue weighted by atomic mass is 9.87. The van der Waals surface area contributed by atoms with Crippen LogP contribution in [0.2, 0.25) is 0 Å². The van der Waals surface area contributed by atoms with Gasteiger partial charge in [-0.25, -0.2) is 9.97 Å². The Morgan fingerprint density at radius 1 is 1.13 bits per heavy atom. The third kappa shape index (κ3) is 6.28. The first kappa shape index (κ1) is 17.9. The van der Waals surface area contributed by atoms with Crippen molar-refractivity contribution >= 4 is 29.0 Å². The third-order valence-corrected chi connectivity index (χ3v) is 4.69. The largest absolute Gasteiger partial charge is 0.379 e. The van der Waals surface area contributed by atoms with E-state index < -0.39 is 0 Å². The molecular formula is C18H23N3S2. The van der Waals surface area contributed by atoms with Gasteiger partial charge in [0.15, 0.2) is 0 Å². The van der Waals surface area contributed by atoms with Crippen molar-refractivity contribution in [2.24, 2.45) is 0 Å². The van der Waals surface area contributed by atoms with Crippen molar-refractivity contribution in [2.45, 2.75) is 37.5 Å². The first-order chi connectivity index (χ1) is 10.9. The third-order valence-electron chi connectivity index (χ3n) is 3.39. The van der Waals surface area contributed by atoms with Gasteiger partial charge in [0.25, 0.3) is 0 Å². The summed E-state index contributed by atoms with van der Waals surface area (Å²) in [5.41, 5.74) is 2.61. The number of nitrogens with one attached hydrogen (secondary N) is 1.